The molecule has 7 nitrogen and oxygen atoms in total. The summed E-state index contributed by atoms with van der Waals surface area (Å²) in [7, 11) is -4.21. The molecule has 0 heterocycles. The Morgan fingerprint density at radius 3 is 2.02 bits per heavy atom. The Morgan fingerprint density at radius 2 is 1.41 bits per heavy atom. The van der Waals surface area contributed by atoms with Gasteiger partial charge < -0.3 is 10.2 Å². The molecule has 0 aliphatic carbocycles. The Bertz CT molecular complexity index is 1650. The molecule has 0 fully saturated rings. The van der Waals surface area contributed by atoms with E-state index in [0.717, 1.165) is 21.0 Å². The Labute approximate surface area is 265 Å². The number of rotatable bonds is 13. The molecule has 2 atom stereocenters. The minimum Gasteiger partial charge on any atom is -0.352 e. The zero-order valence-corrected chi connectivity index (χ0v) is 26.8. The number of carbonyl (C=O) groups excluding carboxylic acids is 2. The van der Waals surface area contributed by atoms with Crippen LogP contribution in [0.4, 0.5) is 5.69 Å². The molecule has 4 rings (SSSR count). The van der Waals surface area contributed by atoms with Crippen LogP contribution >= 0.6 is 11.6 Å². The van der Waals surface area contributed by atoms with Crippen LogP contribution in [0.2, 0.25) is 5.02 Å². The van der Waals surface area contributed by atoms with Crippen molar-refractivity contribution < 1.29 is 18.0 Å². The molecule has 4 aromatic rings. The van der Waals surface area contributed by atoms with Crippen LogP contribution < -0.4 is 9.62 Å². The number of hydrogen-bond donors (Lipinski definition) is 1. The fourth-order valence-corrected chi connectivity index (χ4v) is 6.51. The summed E-state index contributed by atoms with van der Waals surface area (Å²) in [6.45, 7) is 5.40. The first kappa shape index (κ1) is 32.8. The lowest BCUT2D eigenvalue weighted by molar-refractivity contribution is -0.140. The number of para-hydroxylation sites is 1. The van der Waals surface area contributed by atoms with Gasteiger partial charge in [-0.05, 0) is 55.7 Å². The molecule has 1 N–H and O–H groups in total. The quantitative estimate of drug-likeness (QED) is 0.185. The molecule has 0 saturated carbocycles. The Hall–Kier alpha value is -4.14. The van der Waals surface area contributed by atoms with Crippen LogP contribution in [0.3, 0.4) is 0 Å². The number of nitrogens with one attached hydrogen (secondary N) is 1. The van der Waals surface area contributed by atoms with E-state index in [-0.39, 0.29) is 40.5 Å². The number of aryl methyl sites for hydroxylation is 1. The molecule has 0 spiro atoms. The highest BCUT2D eigenvalue weighted by atomic mass is 35.5. The van der Waals surface area contributed by atoms with Crippen molar-refractivity contribution in [3.63, 3.8) is 0 Å². The van der Waals surface area contributed by atoms with Crippen molar-refractivity contribution in [1.82, 2.24) is 10.2 Å². The lowest BCUT2D eigenvalue weighted by Gasteiger charge is -2.34. The number of benzene rings is 4. The predicted octanol–water partition coefficient (Wildman–Crippen LogP) is 6.40. The van der Waals surface area contributed by atoms with Gasteiger partial charge in [0.25, 0.3) is 10.0 Å². The molecule has 230 valence electrons. The Morgan fingerprint density at radius 1 is 0.818 bits per heavy atom. The number of amides is 2. The molecule has 2 amide bonds. The van der Waals surface area contributed by atoms with Gasteiger partial charge in [0.05, 0.1) is 15.6 Å². The van der Waals surface area contributed by atoms with E-state index < -0.39 is 28.5 Å². The Balaban J connectivity index is 1.81. The zero-order valence-electron chi connectivity index (χ0n) is 25.2. The number of halogens is 1. The van der Waals surface area contributed by atoms with Crippen molar-refractivity contribution in [2.75, 3.05) is 10.8 Å². The number of hydrogen-bond acceptors (Lipinski definition) is 4. The van der Waals surface area contributed by atoms with E-state index in [0.29, 0.717) is 6.42 Å². The molecule has 0 bridgehead atoms. The fraction of sp³-hybridized carbons (Fsp3) is 0.257. The third kappa shape index (κ3) is 8.27. The van der Waals surface area contributed by atoms with E-state index in [1.54, 1.807) is 42.5 Å². The minimum atomic E-state index is -4.21. The zero-order chi connectivity index (χ0) is 31.7. The summed E-state index contributed by atoms with van der Waals surface area (Å²) in [6.07, 6.45) is 0.962. The van der Waals surface area contributed by atoms with E-state index in [4.69, 9.17) is 11.6 Å². The lowest BCUT2D eigenvalue weighted by Crippen LogP contribution is -2.54. The normalized spacial score (nSPS) is 12.6. The second kappa shape index (κ2) is 15.0. The van der Waals surface area contributed by atoms with Gasteiger partial charge in [0.15, 0.2) is 0 Å². The maximum Gasteiger partial charge on any atom is 0.264 e. The van der Waals surface area contributed by atoms with E-state index in [2.05, 4.69) is 5.32 Å². The van der Waals surface area contributed by atoms with Gasteiger partial charge in [0, 0.05) is 19.0 Å². The first-order valence-electron chi connectivity index (χ1n) is 14.6. The SMILES string of the molecule is CCC(C)NC(=O)C(Cc1ccccc1)N(Cc1ccc(C)cc1)C(=O)CN(c1ccccc1Cl)S(=O)(=O)c1ccccc1. The lowest BCUT2D eigenvalue weighted by atomic mass is 10.0. The van der Waals surface area contributed by atoms with Crippen molar-refractivity contribution in [3.8, 4) is 0 Å². The smallest absolute Gasteiger partial charge is 0.264 e. The minimum absolute atomic E-state index is 0.0214. The molecule has 0 radical (unpaired) electrons. The molecule has 0 aromatic heterocycles. The standard InChI is InChI=1S/C35H38ClN3O4S/c1-4-27(3)37-35(41)33(23-28-13-7-5-8-14-28)38(24-29-21-19-26(2)20-22-29)34(40)25-39(32-18-12-11-17-31(32)36)44(42,43)30-15-9-6-10-16-30/h5-22,27,33H,4,23-25H2,1-3H3,(H,37,41). The highest BCUT2D eigenvalue weighted by Crippen LogP contribution is 2.31. The third-order valence-corrected chi connectivity index (χ3v) is 9.57. The largest absolute Gasteiger partial charge is 0.352 e. The van der Waals surface area contributed by atoms with E-state index in [1.807, 2.05) is 75.4 Å². The van der Waals surface area contributed by atoms with Gasteiger partial charge in [0.1, 0.15) is 12.6 Å². The summed E-state index contributed by atoms with van der Waals surface area (Å²) in [5.41, 5.74) is 2.91. The molecule has 9 heteroatoms. The monoisotopic (exact) mass is 631 g/mol. The summed E-state index contributed by atoms with van der Waals surface area (Å²) < 4.78 is 29.1. The van der Waals surface area contributed by atoms with E-state index in [9.17, 15) is 18.0 Å². The van der Waals surface area contributed by atoms with Crippen molar-refractivity contribution in [1.29, 1.82) is 0 Å². The molecular formula is C35H38ClN3O4S. The maximum absolute atomic E-state index is 14.5. The molecule has 0 aliphatic rings. The van der Waals surface area contributed by atoms with Gasteiger partial charge in [-0.2, -0.15) is 0 Å². The van der Waals surface area contributed by atoms with Gasteiger partial charge in [-0.25, -0.2) is 8.42 Å². The van der Waals surface area contributed by atoms with Crippen molar-refractivity contribution >= 4 is 39.1 Å². The first-order valence-corrected chi connectivity index (χ1v) is 16.4. The van der Waals surface area contributed by atoms with Gasteiger partial charge in [-0.3, -0.25) is 13.9 Å². The summed E-state index contributed by atoms with van der Waals surface area (Å²) in [5, 5.41) is 3.23. The third-order valence-electron chi connectivity index (χ3n) is 7.48. The van der Waals surface area contributed by atoms with Crippen LogP contribution in [-0.2, 0) is 32.6 Å². The second-order valence-electron chi connectivity index (χ2n) is 10.8. The van der Waals surface area contributed by atoms with E-state index >= 15 is 0 Å². The average molecular weight is 632 g/mol. The number of carbonyl (C=O) groups is 2. The van der Waals surface area contributed by atoms with Gasteiger partial charge in [-0.1, -0.05) is 109 Å². The first-order chi connectivity index (χ1) is 21.1. The van der Waals surface area contributed by atoms with E-state index in [1.165, 1.54) is 17.0 Å². The number of nitrogens with zero attached hydrogens (tertiary/aromatic N) is 2. The molecule has 2 unspecified atom stereocenters. The predicted molar refractivity (Wildman–Crippen MR) is 176 cm³/mol. The average Bonchev–Trinajstić information content (AvgIpc) is 3.03. The van der Waals surface area contributed by atoms with Crippen LogP contribution in [0.1, 0.15) is 37.0 Å². The van der Waals surface area contributed by atoms with Crippen molar-refractivity contribution in [2.45, 2.75) is 57.1 Å². The summed E-state index contributed by atoms with van der Waals surface area (Å²) in [5.74, 6) is -0.843. The van der Waals surface area contributed by atoms with Gasteiger partial charge in [0.2, 0.25) is 11.8 Å². The second-order valence-corrected chi connectivity index (χ2v) is 13.1. The van der Waals surface area contributed by atoms with Crippen LogP contribution in [0.15, 0.2) is 114 Å². The summed E-state index contributed by atoms with van der Waals surface area (Å²) >= 11 is 6.52. The van der Waals surface area contributed by atoms with Crippen molar-refractivity contribution in [2.24, 2.45) is 0 Å². The topological polar surface area (TPSA) is 86.8 Å². The van der Waals surface area contributed by atoms with Gasteiger partial charge in [-0.15, -0.1) is 0 Å². The molecule has 0 saturated heterocycles. The maximum atomic E-state index is 14.5. The molecule has 4 aromatic carbocycles. The van der Waals surface area contributed by atoms with Crippen LogP contribution in [-0.4, -0.2) is 43.8 Å². The summed E-state index contributed by atoms with van der Waals surface area (Å²) in [4.78, 5) is 29.9. The molecule has 44 heavy (non-hydrogen) atoms. The Kier molecular flexibility index (Phi) is 11.2. The fourth-order valence-electron chi connectivity index (χ4n) is 4.77. The molecule has 0 aliphatic heterocycles. The van der Waals surface area contributed by atoms with Crippen LogP contribution in [0.5, 0.6) is 0 Å². The molecular weight excluding hydrogens is 594 g/mol. The van der Waals surface area contributed by atoms with Gasteiger partial charge >= 0.3 is 0 Å². The number of anilines is 1. The van der Waals surface area contributed by atoms with Crippen LogP contribution in [0.25, 0.3) is 0 Å². The highest BCUT2D eigenvalue weighted by Gasteiger charge is 2.35. The van der Waals surface area contributed by atoms with Crippen LogP contribution in [0, 0.1) is 6.92 Å². The highest BCUT2D eigenvalue weighted by molar-refractivity contribution is 7.92. The summed E-state index contributed by atoms with van der Waals surface area (Å²) in [6, 6.07) is 30.6. The number of sulfonamides is 1. The van der Waals surface area contributed by atoms with Crippen molar-refractivity contribution in [3.05, 3.63) is 131 Å².